The summed E-state index contributed by atoms with van der Waals surface area (Å²) in [6, 6.07) is 54.4. The molecule has 9 rings (SSSR count). The van der Waals surface area contributed by atoms with E-state index >= 15 is 0 Å². The van der Waals surface area contributed by atoms with Crippen molar-refractivity contribution in [2.45, 2.75) is 5.54 Å². The lowest BCUT2D eigenvalue weighted by Gasteiger charge is -2.46. The Morgan fingerprint density at radius 3 is 1.74 bits per heavy atom. The van der Waals surface area contributed by atoms with Crippen molar-refractivity contribution >= 4 is 34.0 Å². The second kappa shape index (κ2) is 8.94. The predicted octanol–water partition coefficient (Wildman–Crippen LogP) is 9.22. The molecule has 0 amide bonds. The van der Waals surface area contributed by atoms with Crippen LogP contribution in [0.2, 0.25) is 0 Å². The lowest BCUT2D eigenvalue weighted by atomic mass is 9.77. The summed E-state index contributed by atoms with van der Waals surface area (Å²) in [6.07, 6.45) is 0. The summed E-state index contributed by atoms with van der Waals surface area (Å²) < 4.78 is 2.33. The van der Waals surface area contributed by atoms with Crippen molar-refractivity contribution in [1.82, 2.24) is 9.55 Å². The van der Waals surface area contributed by atoms with Gasteiger partial charge >= 0.3 is 0 Å². The van der Waals surface area contributed by atoms with Crippen molar-refractivity contribution in [2.24, 2.45) is 0 Å². The number of aromatic nitrogens is 2. The topological polar surface area (TPSA) is 24.3 Å². The smallest absolute Gasteiger partial charge is 0.212 e. The van der Waals surface area contributed by atoms with E-state index in [-0.39, 0.29) is 0 Å². The number of nitrogens with zero attached hydrogens (tertiary/aromatic N) is 4. The minimum Gasteiger partial charge on any atom is -0.327 e. The first kappa shape index (κ1) is 24.0. The van der Waals surface area contributed by atoms with E-state index in [1.807, 2.05) is 0 Å². The lowest BCUT2D eigenvalue weighted by Crippen LogP contribution is -2.49. The molecule has 0 saturated heterocycles. The molecule has 43 heavy (non-hydrogen) atoms. The van der Waals surface area contributed by atoms with E-state index in [1.165, 1.54) is 27.8 Å². The standard InChI is InChI=1S/C39H28N4/c1-41-38-40-35-22-12-13-23-37(35)43(38)36-25-24-29(42(27-14-4-2-5-15-27)28-16-6-3-7-17-28)26-34(36)39(41)32-20-10-8-18-30(32)31-19-9-11-21-33(31)39/h2-26H,1H3. The maximum Gasteiger partial charge on any atom is 0.212 e. The molecule has 4 heteroatoms. The second-order valence-electron chi connectivity index (χ2n) is 11.3. The minimum absolute atomic E-state index is 0.561. The van der Waals surface area contributed by atoms with Crippen LogP contribution in [0.1, 0.15) is 16.7 Å². The van der Waals surface area contributed by atoms with Gasteiger partial charge in [-0.15, -0.1) is 0 Å². The van der Waals surface area contributed by atoms with Crippen molar-refractivity contribution in [3.63, 3.8) is 0 Å². The molecule has 0 unspecified atom stereocenters. The zero-order chi connectivity index (χ0) is 28.5. The molecule has 4 nitrogen and oxygen atoms in total. The van der Waals surface area contributed by atoms with E-state index < -0.39 is 5.54 Å². The van der Waals surface area contributed by atoms with E-state index in [0.717, 1.165) is 39.7 Å². The average molecular weight is 553 g/mol. The number of anilines is 4. The van der Waals surface area contributed by atoms with Crippen LogP contribution in [0, 0.1) is 0 Å². The summed E-state index contributed by atoms with van der Waals surface area (Å²) in [7, 11) is 2.21. The number of fused-ring (bicyclic) bond motifs is 11. The molecule has 1 aromatic heterocycles. The largest absolute Gasteiger partial charge is 0.327 e. The highest BCUT2D eigenvalue weighted by atomic mass is 15.4. The second-order valence-corrected chi connectivity index (χ2v) is 11.3. The van der Waals surface area contributed by atoms with Crippen LogP contribution in [0.3, 0.4) is 0 Å². The van der Waals surface area contributed by atoms with Crippen LogP contribution in [0.25, 0.3) is 27.8 Å². The van der Waals surface area contributed by atoms with Gasteiger partial charge in [0.25, 0.3) is 0 Å². The van der Waals surface area contributed by atoms with Crippen LogP contribution in [-0.4, -0.2) is 16.6 Å². The molecular formula is C39H28N4. The Morgan fingerprint density at radius 1 is 0.535 bits per heavy atom. The Morgan fingerprint density at radius 2 is 1.09 bits per heavy atom. The number of benzene rings is 6. The van der Waals surface area contributed by atoms with E-state index in [4.69, 9.17) is 4.98 Å². The lowest BCUT2D eigenvalue weighted by molar-refractivity contribution is 0.577. The Bertz CT molecular complexity index is 2080. The summed E-state index contributed by atoms with van der Waals surface area (Å²) >= 11 is 0. The van der Waals surface area contributed by atoms with Gasteiger partial charge in [0.1, 0.15) is 5.54 Å². The highest BCUT2D eigenvalue weighted by Gasteiger charge is 2.53. The normalized spacial score (nSPS) is 13.8. The molecule has 0 radical (unpaired) electrons. The zero-order valence-corrected chi connectivity index (χ0v) is 23.7. The van der Waals surface area contributed by atoms with Crippen LogP contribution in [0.15, 0.2) is 152 Å². The fourth-order valence-corrected chi connectivity index (χ4v) is 7.42. The summed E-state index contributed by atoms with van der Waals surface area (Å²) in [6.45, 7) is 0. The van der Waals surface area contributed by atoms with Crippen molar-refractivity contribution < 1.29 is 0 Å². The van der Waals surface area contributed by atoms with Gasteiger partial charge in [-0.1, -0.05) is 97.1 Å². The average Bonchev–Trinajstić information content (AvgIpc) is 3.60. The Hall–Kier alpha value is -5.61. The van der Waals surface area contributed by atoms with E-state index in [9.17, 15) is 0 Å². The summed E-state index contributed by atoms with van der Waals surface area (Å²) in [5.41, 5.74) is 12.4. The van der Waals surface area contributed by atoms with Crippen molar-refractivity contribution in [3.05, 3.63) is 168 Å². The van der Waals surface area contributed by atoms with Crippen molar-refractivity contribution in [1.29, 1.82) is 0 Å². The third-order valence-electron chi connectivity index (χ3n) is 9.17. The number of imidazole rings is 1. The van der Waals surface area contributed by atoms with E-state index in [0.29, 0.717) is 0 Å². The van der Waals surface area contributed by atoms with Gasteiger partial charge in [0.05, 0.1) is 16.7 Å². The molecule has 0 N–H and O–H groups in total. The Labute approximate surface area is 250 Å². The molecule has 7 aromatic rings. The molecule has 0 bridgehead atoms. The molecule has 0 saturated carbocycles. The van der Waals surface area contributed by atoms with E-state index in [1.54, 1.807) is 0 Å². The van der Waals surface area contributed by atoms with Gasteiger partial charge in [-0.2, -0.15) is 0 Å². The first-order valence-electron chi connectivity index (χ1n) is 14.7. The fraction of sp³-hybridized carbons (Fsp3) is 0.0513. The molecule has 2 heterocycles. The number of para-hydroxylation sites is 4. The maximum atomic E-state index is 5.23. The van der Waals surface area contributed by atoms with Crippen LogP contribution >= 0.6 is 0 Å². The van der Waals surface area contributed by atoms with Gasteiger partial charge in [0, 0.05) is 29.7 Å². The summed E-state index contributed by atoms with van der Waals surface area (Å²) in [4.78, 5) is 9.98. The maximum absolute atomic E-state index is 5.23. The molecule has 1 aliphatic heterocycles. The van der Waals surface area contributed by atoms with Gasteiger partial charge in [-0.3, -0.25) is 4.57 Å². The van der Waals surface area contributed by atoms with Crippen LogP contribution in [-0.2, 0) is 5.54 Å². The van der Waals surface area contributed by atoms with Crippen LogP contribution < -0.4 is 9.80 Å². The van der Waals surface area contributed by atoms with E-state index in [2.05, 4.69) is 173 Å². The Kier molecular flexibility index (Phi) is 5.00. The highest BCUT2D eigenvalue weighted by Crippen LogP contribution is 2.59. The first-order valence-corrected chi connectivity index (χ1v) is 14.7. The summed E-state index contributed by atoms with van der Waals surface area (Å²) in [5.74, 6) is 0.941. The number of hydrogen-bond donors (Lipinski definition) is 0. The summed E-state index contributed by atoms with van der Waals surface area (Å²) in [5, 5.41) is 0. The Balaban J connectivity index is 1.41. The molecule has 0 atom stereocenters. The highest BCUT2D eigenvalue weighted by molar-refractivity contribution is 5.92. The molecule has 0 fully saturated rings. The number of rotatable bonds is 3. The van der Waals surface area contributed by atoms with Gasteiger partial charge in [0.15, 0.2) is 0 Å². The SMILES string of the molecule is CN1c2nc3ccccc3n2-c2ccc(N(c3ccccc3)c3ccccc3)cc2C12c1ccccc1-c1ccccc12. The van der Waals surface area contributed by atoms with Crippen molar-refractivity contribution in [2.75, 3.05) is 16.8 Å². The molecule has 6 aromatic carbocycles. The van der Waals surface area contributed by atoms with Crippen LogP contribution in [0.5, 0.6) is 0 Å². The molecule has 204 valence electrons. The van der Waals surface area contributed by atoms with Gasteiger partial charge < -0.3 is 9.80 Å². The minimum atomic E-state index is -0.561. The zero-order valence-electron chi connectivity index (χ0n) is 23.7. The molecule has 1 aliphatic carbocycles. The molecule has 2 aliphatic rings. The monoisotopic (exact) mass is 552 g/mol. The fourth-order valence-electron chi connectivity index (χ4n) is 7.42. The number of hydrogen-bond acceptors (Lipinski definition) is 3. The van der Waals surface area contributed by atoms with Gasteiger partial charge in [-0.25, -0.2) is 4.98 Å². The van der Waals surface area contributed by atoms with Crippen LogP contribution in [0.4, 0.5) is 23.0 Å². The third-order valence-corrected chi connectivity index (χ3v) is 9.17. The van der Waals surface area contributed by atoms with Gasteiger partial charge in [0.2, 0.25) is 5.95 Å². The van der Waals surface area contributed by atoms with Gasteiger partial charge in [-0.05, 0) is 76.9 Å². The third kappa shape index (κ3) is 3.18. The van der Waals surface area contributed by atoms with Crippen molar-refractivity contribution in [3.8, 4) is 16.8 Å². The molecule has 1 spiro atoms. The first-order chi connectivity index (χ1) is 21.3. The molecular weight excluding hydrogens is 524 g/mol. The predicted molar refractivity (Wildman–Crippen MR) is 176 cm³/mol. The quantitative estimate of drug-likeness (QED) is 0.218.